The minimum absolute atomic E-state index is 0.0134. The molecule has 0 bridgehead atoms. The van der Waals surface area contributed by atoms with Crippen molar-refractivity contribution in [2.45, 2.75) is 59.9 Å². The number of aromatic nitrogens is 3. The molecule has 0 aliphatic rings. The van der Waals surface area contributed by atoms with Gasteiger partial charge in [0.1, 0.15) is 5.82 Å². The molecule has 2 aromatic rings. The summed E-state index contributed by atoms with van der Waals surface area (Å²) >= 11 is 3.49. The van der Waals surface area contributed by atoms with Crippen LogP contribution in [0.3, 0.4) is 0 Å². The summed E-state index contributed by atoms with van der Waals surface area (Å²) in [6, 6.07) is 0. The highest BCUT2D eigenvalue weighted by Crippen LogP contribution is 2.31. The van der Waals surface area contributed by atoms with Gasteiger partial charge in [-0.3, -0.25) is 4.40 Å². The second-order valence-corrected chi connectivity index (χ2v) is 8.36. The number of halogens is 1. The van der Waals surface area contributed by atoms with Crippen LogP contribution in [0.25, 0.3) is 5.78 Å². The lowest BCUT2D eigenvalue weighted by atomic mass is 9.82. The van der Waals surface area contributed by atoms with Gasteiger partial charge in [0.2, 0.25) is 5.78 Å². The molecule has 5 heteroatoms. The van der Waals surface area contributed by atoms with Gasteiger partial charge in [0.25, 0.3) is 0 Å². The summed E-state index contributed by atoms with van der Waals surface area (Å²) in [6.45, 7) is 13.4. The molecule has 0 spiro atoms. The molecule has 0 unspecified atom stereocenters. The third kappa shape index (κ3) is 3.96. The second kappa shape index (κ2) is 5.59. The molecule has 0 saturated heterocycles. The van der Waals surface area contributed by atoms with Crippen LogP contribution in [-0.2, 0) is 6.42 Å². The van der Waals surface area contributed by atoms with E-state index < -0.39 is 0 Å². The lowest BCUT2D eigenvalue weighted by Crippen LogP contribution is -2.36. The molecule has 1 N–H and O–H groups in total. The van der Waals surface area contributed by atoms with Crippen molar-refractivity contribution >= 4 is 27.5 Å². The lowest BCUT2D eigenvalue weighted by molar-refractivity contribution is 0.302. The fraction of sp³-hybridized carbons (Fsp3) is 0.625. The van der Waals surface area contributed by atoms with E-state index in [2.05, 4.69) is 72.8 Å². The first-order valence-electron chi connectivity index (χ1n) is 7.42. The van der Waals surface area contributed by atoms with Gasteiger partial charge in [-0.15, -0.1) is 0 Å². The van der Waals surface area contributed by atoms with E-state index in [1.807, 2.05) is 10.6 Å². The van der Waals surface area contributed by atoms with Gasteiger partial charge in [-0.2, -0.15) is 0 Å². The molecule has 2 rings (SSSR count). The van der Waals surface area contributed by atoms with Crippen molar-refractivity contribution in [3.63, 3.8) is 0 Å². The Morgan fingerprint density at radius 3 is 2.48 bits per heavy atom. The van der Waals surface area contributed by atoms with Crippen LogP contribution in [0.2, 0.25) is 0 Å². The van der Waals surface area contributed by atoms with Crippen molar-refractivity contribution in [2.75, 3.05) is 5.32 Å². The number of imidazole rings is 1. The summed E-state index contributed by atoms with van der Waals surface area (Å²) in [5, 5.41) is 3.68. The Balaban J connectivity index is 2.43. The maximum atomic E-state index is 4.62. The van der Waals surface area contributed by atoms with E-state index in [0.717, 1.165) is 34.6 Å². The molecule has 4 nitrogen and oxygen atoms in total. The Bertz CT molecular complexity index is 637. The van der Waals surface area contributed by atoms with Crippen LogP contribution in [0.5, 0.6) is 0 Å². The molecule has 0 aromatic carbocycles. The predicted molar refractivity (Wildman–Crippen MR) is 91.8 cm³/mol. The molecule has 0 aliphatic carbocycles. The van der Waals surface area contributed by atoms with E-state index in [0.29, 0.717) is 0 Å². The fourth-order valence-corrected chi connectivity index (χ4v) is 3.33. The zero-order valence-electron chi connectivity index (χ0n) is 13.8. The first-order valence-corrected chi connectivity index (χ1v) is 8.21. The zero-order valence-corrected chi connectivity index (χ0v) is 15.4. The van der Waals surface area contributed by atoms with Crippen molar-refractivity contribution in [1.29, 1.82) is 0 Å². The number of aryl methyl sites for hydroxylation is 1. The summed E-state index contributed by atoms with van der Waals surface area (Å²) in [6.07, 6.45) is 5.75. The number of anilines is 1. The van der Waals surface area contributed by atoms with Crippen LogP contribution in [0, 0.1) is 5.41 Å². The highest BCUT2D eigenvalue weighted by molar-refractivity contribution is 9.10. The lowest BCUT2D eigenvalue weighted by Gasteiger charge is -2.34. The fourth-order valence-electron chi connectivity index (χ4n) is 3.03. The SMILES string of the molecule is CCc1nc2ncc(Br)cn2c1NC(C)(C)CC(C)(C)C. The quantitative estimate of drug-likeness (QED) is 0.868. The molecule has 0 saturated carbocycles. The Morgan fingerprint density at radius 1 is 1.24 bits per heavy atom. The van der Waals surface area contributed by atoms with Gasteiger partial charge in [0, 0.05) is 17.9 Å². The molecule has 116 valence electrons. The van der Waals surface area contributed by atoms with E-state index in [-0.39, 0.29) is 11.0 Å². The normalized spacial score (nSPS) is 12.9. The van der Waals surface area contributed by atoms with Gasteiger partial charge in [0.15, 0.2) is 0 Å². The van der Waals surface area contributed by atoms with Crippen LogP contribution in [0.1, 0.15) is 53.7 Å². The standard InChI is InChI=1S/C16H25BrN4/c1-7-12-13(20-16(5,6)10-15(2,3)4)21-9-11(17)8-18-14(21)19-12/h8-9,20H,7,10H2,1-6H3. The molecule has 0 radical (unpaired) electrons. The van der Waals surface area contributed by atoms with Gasteiger partial charge in [0.05, 0.1) is 10.2 Å². The number of hydrogen-bond donors (Lipinski definition) is 1. The number of nitrogens with one attached hydrogen (secondary N) is 1. The number of hydrogen-bond acceptors (Lipinski definition) is 3. The zero-order chi connectivity index (χ0) is 15.8. The molecule has 0 aliphatic heterocycles. The van der Waals surface area contributed by atoms with Gasteiger partial charge >= 0.3 is 0 Å². The monoisotopic (exact) mass is 352 g/mol. The van der Waals surface area contributed by atoms with Gasteiger partial charge in [-0.05, 0) is 48.0 Å². The second-order valence-electron chi connectivity index (χ2n) is 7.45. The van der Waals surface area contributed by atoms with Crippen molar-refractivity contribution < 1.29 is 0 Å². The van der Waals surface area contributed by atoms with E-state index in [1.54, 1.807) is 6.20 Å². The first-order chi connectivity index (χ1) is 9.61. The van der Waals surface area contributed by atoms with Crippen LogP contribution in [0.4, 0.5) is 5.82 Å². The van der Waals surface area contributed by atoms with E-state index >= 15 is 0 Å². The summed E-state index contributed by atoms with van der Waals surface area (Å²) in [7, 11) is 0. The van der Waals surface area contributed by atoms with E-state index in [4.69, 9.17) is 0 Å². The summed E-state index contributed by atoms with van der Waals surface area (Å²) < 4.78 is 2.99. The van der Waals surface area contributed by atoms with Crippen LogP contribution in [0.15, 0.2) is 16.9 Å². The minimum Gasteiger partial charge on any atom is -0.365 e. The molecule has 2 aromatic heterocycles. The Morgan fingerprint density at radius 2 is 1.90 bits per heavy atom. The van der Waals surface area contributed by atoms with Crippen molar-refractivity contribution in [3.8, 4) is 0 Å². The molecule has 0 amide bonds. The van der Waals surface area contributed by atoms with Crippen LogP contribution >= 0.6 is 15.9 Å². The molecule has 0 fully saturated rings. The summed E-state index contributed by atoms with van der Waals surface area (Å²) in [4.78, 5) is 9.00. The van der Waals surface area contributed by atoms with Gasteiger partial charge in [-0.25, -0.2) is 9.97 Å². The first kappa shape index (κ1) is 16.3. The van der Waals surface area contributed by atoms with Gasteiger partial charge in [-0.1, -0.05) is 27.7 Å². The average molecular weight is 353 g/mol. The van der Waals surface area contributed by atoms with Crippen molar-refractivity contribution in [3.05, 3.63) is 22.6 Å². The van der Waals surface area contributed by atoms with Gasteiger partial charge < -0.3 is 5.32 Å². The molecule has 0 atom stereocenters. The average Bonchev–Trinajstić information content (AvgIpc) is 2.63. The van der Waals surface area contributed by atoms with E-state index in [9.17, 15) is 0 Å². The number of nitrogens with zero attached hydrogens (tertiary/aromatic N) is 3. The Labute approximate surface area is 135 Å². The Hall–Kier alpha value is -1.10. The summed E-state index contributed by atoms with van der Waals surface area (Å²) in [5.41, 5.74) is 1.31. The molecular formula is C16H25BrN4. The smallest absolute Gasteiger partial charge is 0.235 e. The van der Waals surface area contributed by atoms with Crippen molar-refractivity contribution in [2.24, 2.45) is 5.41 Å². The molecule has 21 heavy (non-hydrogen) atoms. The minimum atomic E-state index is -0.0134. The highest BCUT2D eigenvalue weighted by atomic mass is 79.9. The van der Waals surface area contributed by atoms with Crippen LogP contribution in [-0.4, -0.2) is 19.9 Å². The maximum absolute atomic E-state index is 4.62. The number of fused-ring (bicyclic) bond motifs is 1. The number of rotatable bonds is 4. The predicted octanol–water partition coefficient (Wildman–Crippen LogP) is 4.68. The maximum Gasteiger partial charge on any atom is 0.235 e. The molecule has 2 heterocycles. The molecular weight excluding hydrogens is 328 g/mol. The third-order valence-corrected chi connectivity index (χ3v) is 3.69. The van der Waals surface area contributed by atoms with Crippen LogP contribution < -0.4 is 5.32 Å². The Kier molecular flexibility index (Phi) is 4.34. The highest BCUT2D eigenvalue weighted by Gasteiger charge is 2.27. The van der Waals surface area contributed by atoms with E-state index in [1.165, 1.54) is 0 Å². The van der Waals surface area contributed by atoms with Crippen molar-refractivity contribution in [1.82, 2.24) is 14.4 Å². The third-order valence-electron chi connectivity index (χ3n) is 3.28. The summed E-state index contributed by atoms with van der Waals surface area (Å²) in [5.74, 6) is 1.79. The largest absolute Gasteiger partial charge is 0.365 e. The topological polar surface area (TPSA) is 42.2 Å².